The fourth-order valence-corrected chi connectivity index (χ4v) is 2.63. The first-order chi connectivity index (χ1) is 11.5. The van der Waals surface area contributed by atoms with Crippen molar-refractivity contribution in [3.8, 4) is 0 Å². The lowest BCUT2D eigenvalue weighted by Crippen LogP contribution is -2.22. The Hall–Kier alpha value is -2.36. The second kappa shape index (κ2) is 10.4. The number of carbonyl (C=O) groups is 2. The summed E-state index contributed by atoms with van der Waals surface area (Å²) >= 11 is 0. The number of hydrogen-bond acceptors (Lipinski definition) is 4. The average molecular weight is 330 g/mol. The van der Waals surface area contributed by atoms with Gasteiger partial charge in [0.2, 0.25) is 0 Å². The van der Waals surface area contributed by atoms with Crippen LogP contribution in [0.5, 0.6) is 0 Å². The van der Waals surface area contributed by atoms with E-state index in [9.17, 15) is 9.59 Å². The van der Waals surface area contributed by atoms with Crippen LogP contribution in [0.4, 0.5) is 0 Å². The highest BCUT2D eigenvalue weighted by molar-refractivity contribution is 5.66. The Balaban J connectivity index is 2.92. The van der Waals surface area contributed by atoms with Gasteiger partial charge in [0.05, 0.1) is 0 Å². The summed E-state index contributed by atoms with van der Waals surface area (Å²) in [5.41, 5.74) is 2.15. The first-order valence-electron chi connectivity index (χ1n) is 8.09. The van der Waals surface area contributed by atoms with Gasteiger partial charge in [0, 0.05) is 39.5 Å². The number of benzene rings is 1. The first-order valence-corrected chi connectivity index (χ1v) is 8.09. The molecule has 0 aliphatic rings. The van der Waals surface area contributed by atoms with Crippen molar-refractivity contribution in [2.24, 2.45) is 0 Å². The van der Waals surface area contributed by atoms with Gasteiger partial charge >= 0.3 is 11.9 Å². The van der Waals surface area contributed by atoms with Gasteiger partial charge in [-0.25, -0.2) is 0 Å². The van der Waals surface area contributed by atoms with Crippen LogP contribution in [-0.2, 0) is 31.9 Å². The maximum atomic E-state index is 11.3. The molecule has 24 heavy (non-hydrogen) atoms. The van der Waals surface area contributed by atoms with E-state index in [4.69, 9.17) is 9.47 Å². The van der Waals surface area contributed by atoms with E-state index in [1.54, 1.807) is 12.2 Å². The molecule has 4 heteroatoms. The predicted octanol–water partition coefficient (Wildman–Crippen LogP) is 3.79. The van der Waals surface area contributed by atoms with Crippen molar-refractivity contribution in [3.05, 3.63) is 60.7 Å². The van der Waals surface area contributed by atoms with Crippen LogP contribution in [0.2, 0.25) is 0 Å². The van der Waals surface area contributed by atoms with Gasteiger partial charge in [0.1, 0.15) is 12.2 Å². The summed E-state index contributed by atoms with van der Waals surface area (Å²) in [7, 11) is 0. The Kier molecular flexibility index (Phi) is 8.55. The third kappa shape index (κ3) is 7.27. The molecular formula is C20H26O4. The molecule has 0 radical (unpaired) electrons. The molecule has 2 unspecified atom stereocenters. The maximum Gasteiger partial charge on any atom is 0.302 e. The van der Waals surface area contributed by atoms with Crippen molar-refractivity contribution >= 4 is 11.9 Å². The van der Waals surface area contributed by atoms with Gasteiger partial charge in [-0.15, -0.1) is 13.2 Å². The van der Waals surface area contributed by atoms with Crippen molar-refractivity contribution in [2.45, 2.75) is 51.7 Å². The fraction of sp³-hybridized carbons (Fsp3) is 0.400. The Morgan fingerprint density at radius 3 is 1.58 bits per heavy atom. The molecule has 0 N–H and O–H groups in total. The number of ether oxygens (including phenoxy) is 2. The minimum Gasteiger partial charge on any atom is -0.462 e. The fourth-order valence-electron chi connectivity index (χ4n) is 2.63. The number of carbonyl (C=O) groups excluding carboxylic acids is 2. The molecule has 4 nitrogen and oxygen atoms in total. The highest BCUT2D eigenvalue weighted by Crippen LogP contribution is 2.19. The normalized spacial score (nSPS) is 12.8. The Bertz CT molecular complexity index is 526. The van der Waals surface area contributed by atoms with Crippen LogP contribution in [-0.4, -0.2) is 24.1 Å². The summed E-state index contributed by atoms with van der Waals surface area (Å²) in [6, 6.07) is 7.92. The molecule has 1 rings (SSSR count). The van der Waals surface area contributed by atoms with E-state index in [-0.39, 0.29) is 24.1 Å². The van der Waals surface area contributed by atoms with E-state index in [0.29, 0.717) is 25.7 Å². The third-order valence-electron chi connectivity index (χ3n) is 3.54. The quantitative estimate of drug-likeness (QED) is 0.484. The average Bonchev–Trinajstić information content (AvgIpc) is 2.48. The molecule has 0 heterocycles. The molecule has 0 saturated heterocycles. The van der Waals surface area contributed by atoms with Crippen molar-refractivity contribution < 1.29 is 19.1 Å². The lowest BCUT2D eigenvalue weighted by Gasteiger charge is -2.20. The minimum atomic E-state index is -0.302. The second-order valence-corrected chi connectivity index (χ2v) is 5.69. The molecule has 0 amide bonds. The van der Waals surface area contributed by atoms with Crippen LogP contribution in [0.1, 0.15) is 37.8 Å². The topological polar surface area (TPSA) is 52.6 Å². The van der Waals surface area contributed by atoms with Crippen LogP contribution in [0.25, 0.3) is 0 Å². The van der Waals surface area contributed by atoms with Crippen molar-refractivity contribution in [3.63, 3.8) is 0 Å². The van der Waals surface area contributed by atoms with Gasteiger partial charge in [0.25, 0.3) is 0 Å². The zero-order valence-electron chi connectivity index (χ0n) is 14.5. The zero-order valence-corrected chi connectivity index (χ0v) is 14.5. The number of esters is 2. The molecule has 130 valence electrons. The lowest BCUT2D eigenvalue weighted by atomic mass is 9.95. The SMILES string of the molecule is C=CCC(Cc1ccccc1CC(CC=C)OC(C)=O)OC(C)=O. The molecule has 2 atom stereocenters. The Morgan fingerprint density at radius 2 is 1.29 bits per heavy atom. The number of hydrogen-bond donors (Lipinski definition) is 0. The van der Waals surface area contributed by atoms with E-state index in [1.165, 1.54) is 13.8 Å². The van der Waals surface area contributed by atoms with Crippen LogP contribution >= 0.6 is 0 Å². The van der Waals surface area contributed by atoms with E-state index >= 15 is 0 Å². The summed E-state index contributed by atoms with van der Waals surface area (Å²) in [6.45, 7) is 10.2. The van der Waals surface area contributed by atoms with Crippen LogP contribution < -0.4 is 0 Å². The molecule has 0 spiro atoms. The minimum absolute atomic E-state index is 0.243. The van der Waals surface area contributed by atoms with Crippen molar-refractivity contribution in [1.82, 2.24) is 0 Å². The van der Waals surface area contributed by atoms with Gasteiger partial charge < -0.3 is 9.47 Å². The third-order valence-corrected chi connectivity index (χ3v) is 3.54. The summed E-state index contributed by atoms with van der Waals surface area (Å²) in [4.78, 5) is 22.5. The van der Waals surface area contributed by atoms with Gasteiger partial charge in [-0.2, -0.15) is 0 Å². The van der Waals surface area contributed by atoms with Crippen molar-refractivity contribution in [1.29, 1.82) is 0 Å². The number of rotatable bonds is 10. The van der Waals surface area contributed by atoms with Crippen LogP contribution in [0.3, 0.4) is 0 Å². The predicted molar refractivity (Wildman–Crippen MR) is 94.6 cm³/mol. The molecule has 0 aliphatic carbocycles. The Morgan fingerprint density at radius 1 is 0.917 bits per heavy atom. The molecule has 0 bridgehead atoms. The van der Waals surface area contributed by atoms with E-state index < -0.39 is 0 Å². The van der Waals surface area contributed by atoms with Crippen LogP contribution in [0.15, 0.2) is 49.6 Å². The maximum absolute atomic E-state index is 11.3. The van der Waals surface area contributed by atoms with Gasteiger partial charge in [-0.3, -0.25) is 9.59 Å². The van der Waals surface area contributed by atoms with Crippen molar-refractivity contribution in [2.75, 3.05) is 0 Å². The van der Waals surface area contributed by atoms with Gasteiger partial charge in [-0.1, -0.05) is 36.4 Å². The summed E-state index contributed by atoms with van der Waals surface area (Å²) in [5, 5.41) is 0. The molecule has 0 aliphatic heterocycles. The molecule has 1 aromatic rings. The van der Waals surface area contributed by atoms with Crippen LogP contribution in [0, 0.1) is 0 Å². The van der Waals surface area contributed by atoms with E-state index in [1.807, 2.05) is 24.3 Å². The second-order valence-electron chi connectivity index (χ2n) is 5.69. The van der Waals surface area contributed by atoms with E-state index in [0.717, 1.165) is 11.1 Å². The Labute approximate surface area is 144 Å². The molecule has 0 saturated carbocycles. The smallest absolute Gasteiger partial charge is 0.302 e. The lowest BCUT2D eigenvalue weighted by molar-refractivity contribution is -0.147. The highest BCUT2D eigenvalue weighted by Gasteiger charge is 2.17. The van der Waals surface area contributed by atoms with E-state index in [2.05, 4.69) is 13.2 Å². The summed E-state index contributed by atoms with van der Waals surface area (Å²) in [6.07, 6.45) is 5.39. The molecule has 0 aromatic heterocycles. The molecule has 0 fully saturated rings. The zero-order chi connectivity index (χ0) is 17.9. The highest BCUT2D eigenvalue weighted by atomic mass is 16.5. The first kappa shape index (κ1) is 19.7. The molecule has 1 aromatic carbocycles. The van der Waals surface area contributed by atoms with Gasteiger partial charge in [0.15, 0.2) is 0 Å². The largest absolute Gasteiger partial charge is 0.462 e. The monoisotopic (exact) mass is 330 g/mol. The summed E-state index contributed by atoms with van der Waals surface area (Å²) in [5.74, 6) is -0.604. The molecular weight excluding hydrogens is 304 g/mol. The van der Waals surface area contributed by atoms with Gasteiger partial charge in [-0.05, 0) is 11.1 Å². The summed E-state index contributed by atoms with van der Waals surface area (Å²) < 4.78 is 10.7. The standard InChI is InChI=1S/C20H26O4/c1-5-9-19(23-15(3)21)13-17-11-7-8-12-18(17)14-20(10-6-2)24-16(4)22/h5-8,11-12,19-20H,1-2,9-10,13-14H2,3-4H3.